The molecule has 32 heavy (non-hydrogen) atoms. The smallest absolute Gasteiger partial charge is 0.326 e. The Morgan fingerprint density at radius 2 is 1.78 bits per heavy atom. The monoisotopic (exact) mass is 434 g/mol. The molecule has 3 aliphatic rings. The number of amides is 2. The average Bonchev–Trinajstić information content (AvgIpc) is 3.40. The van der Waals surface area contributed by atoms with Crippen molar-refractivity contribution in [3.63, 3.8) is 0 Å². The molecule has 166 valence electrons. The van der Waals surface area contributed by atoms with E-state index in [-0.39, 0.29) is 35.8 Å². The number of phenols is 1. The number of likely N-dealkylation sites (tertiary alicyclic amines) is 1. The highest BCUT2D eigenvalue weighted by Crippen LogP contribution is 2.61. The summed E-state index contributed by atoms with van der Waals surface area (Å²) in [6, 6.07) is 14.8. The number of hydrogen-bond acceptors (Lipinski definition) is 4. The lowest BCUT2D eigenvalue weighted by atomic mass is 9.77. The molecule has 7 nitrogen and oxygen atoms in total. The van der Waals surface area contributed by atoms with Crippen LogP contribution < -0.4 is 5.32 Å². The first-order valence-electron chi connectivity index (χ1n) is 11.1. The molecule has 5 atom stereocenters. The molecule has 5 rings (SSSR count). The fourth-order valence-corrected chi connectivity index (χ4v) is 6.13. The van der Waals surface area contributed by atoms with E-state index < -0.39 is 17.6 Å². The summed E-state index contributed by atoms with van der Waals surface area (Å²) in [5.41, 5.74) is 0.669. The lowest BCUT2D eigenvalue weighted by Gasteiger charge is -2.39. The van der Waals surface area contributed by atoms with Gasteiger partial charge in [0, 0.05) is 24.8 Å². The van der Waals surface area contributed by atoms with Crippen molar-refractivity contribution >= 4 is 17.8 Å². The van der Waals surface area contributed by atoms with Gasteiger partial charge in [0.1, 0.15) is 17.3 Å². The summed E-state index contributed by atoms with van der Waals surface area (Å²) in [6.45, 7) is 0.350. The highest BCUT2D eigenvalue weighted by Gasteiger charge is 2.70. The second-order valence-corrected chi connectivity index (χ2v) is 9.32. The zero-order chi connectivity index (χ0) is 22.5. The second-order valence-electron chi connectivity index (χ2n) is 9.32. The van der Waals surface area contributed by atoms with Crippen molar-refractivity contribution < 1.29 is 24.6 Å². The van der Waals surface area contributed by atoms with Crippen LogP contribution in [0.3, 0.4) is 0 Å². The summed E-state index contributed by atoms with van der Waals surface area (Å²) in [6.07, 6.45) is 2.34. The van der Waals surface area contributed by atoms with E-state index >= 15 is 0 Å². The summed E-state index contributed by atoms with van der Waals surface area (Å²) < 4.78 is 0. The predicted octanol–water partition coefficient (Wildman–Crippen LogP) is 2.33. The van der Waals surface area contributed by atoms with Crippen molar-refractivity contribution in [2.45, 2.75) is 43.8 Å². The topological polar surface area (TPSA) is 107 Å². The number of carbonyl (C=O) groups excluding carboxylic acids is 2. The van der Waals surface area contributed by atoms with E-state index in [9.17, 15) is 24.6 Å². The van der Waals surface area contributed by atoms with Crippen molar-refractivity contribution in [3.05, 3.63) is 65.7 Å². The molecule has 3 fully saturated rings. The molecule has 3 N–H and O–H groups in total. The molecule has 4 unspecified atom stereocenters. The second kappa shape index (κ2) is 7.65. The third-order valence-electron chi connectivity index (χ3n) is 7.49. The van der Waals surface area contributed by atoms with Gasteiger partial charge in [-0.15, -0.1) is 0 Å². The van der Waals surface area contributed by atoms with Gasteiger partial charge in [-0.1, -0.05) is 42.5 Å². The highest BCUT2D eigenvalue weighted by atomic mass is 16.4. The summed E-state index contributed by atoms with van der Waals surface area (Å²) in [7, 11) is 0. The number of carboxylic acid groups (broad SMARTS) is 1. The molecular formula is C25H26N2O5. The molecule has 1 saturated heterocycles. The maximum absolute atomic E-state index is 13.7. The van der Waals surface area contributed by atoms with E-state index in [1.54, 1.807) is 17.0 Å². The molecule has 1 heterocycles. The van der Waals surface area contributed by atoms with E-state index in [4.69, 9.17) is 0 Å². The van der Waals surface area contributed by atoms with Gasteiger partial charge in [0.15, 0.2) is 0 Å². The van der Waals surface area contributed by atoms with Crippen LogP contribution in [0.25, 0.3) is 0 Å². The quantitative estimate of drug-likeness (QED) is 0.620. The Hall–Kier alpha value is -3.35. The Labute approximate surface area is 186 Å². The van der Waals surface area contributed by atoms with Gasteiger partial charge >= 0.3 is 5.97 Å². The molecule has 7 heteroatoms. The number of phenolic OH excluding ortho intramolecular Hbond substituents is 1. The molecule has 1 aliphatic heterocycles. The Morgan fingerprint density at radius 3 is 2.44 bits per heavy atom. The molecule has 2 aromatic rings. The Balaban J connectivity index is 1.42. The Kier molecular flexibility index (Phi) is 4.92. The number of nitrogens with zero attached hydrogens (tertiary/aromatic N) is 1. The number of fused-ring (bicyclic) bond motifs is 1. The van der Waals surface area contributed by atoms with Gasteiger partial charge in [-0.05, 0) is 48.4 Å². The van der Waals surface area contributed by atoms with Crippen molar-refractivity contribution in [2.75, 3.05) is 0 Å². The van der Waals surface area contributed by atoms with E-state index in [1.807, 2.05) is 30.3 Å². The SMILES string of the molecule is O=C(O)[C@H](Cc1ccc(O)cc1)NC(=O)C12CC3CC(C(=O)N1Cc1ccccc1)C2C3. The Bertz CT molecular complexity index is 1050. The van der Waals surface area contributed by atoms with E-state index in [2.05, 4.69) is 5.32 Å². The number of rotatable bonds is 7. The van der Waals surface area contributed by atoms with E-state index in [0.717, 1.165) is 18.4 Å². The summed E-state index contributed by atoms with van der Waals surface area (Å²) in [5, 5.41) is 22.0. The van der Waals surface area contributed by atoms with Gasteiger partial charge in [0.05, 0.1) is 0 Å². The zero-order valence-corrected chi connectivity index (χ0v) is 17.6. The van der Waals surface area contributed by atoms with Crippen LogP contribution in [0, 0.1) is 17.8 Å². The minimum atomic E-state index is -1.12. The minimum Gasteiger partial charge on any atom is -0.508 e. The van der Waals surface area contributed by atoms with E-state index in [0.29, 0.717) is 24.4 Å². The first-order valence-corrected chi connectivity index (χ1v) is 11.1. The first-order chi connectivity index (χ1) is 15.4. The van der Waals surface area contributed by atoms with Crippen LogP contribution in [0.1, 0.15) is 30.4 Å². The molecule has 0 spiro atoms. The zero-order valence-electron chi connectivity index (χ0n) is 17.6. The van der Waals surface area contributed by atoms with Crippen LogP contribution >= 0.6 is 0 Å². The largest absolute Gasteiger partial charge is 0.508 e. The third-order valence-corrected chi connectivity index (χ3v) is 7.49. The van der Waals surface area contributed by atoms with Crippen molar-refractivity contribution in [3.8, 4) is 5.75 Å². The number of carbonyl (C=O) groups is 3. The van der Waals surface area contributed by atoms with Crippen LogP contribution in [-0.4, -0.2) is 44.5 Å². The van der Waals surface area contributed by atoms with Gasteiger partial charge in [-0.25, -0.2) is 4.79 Å². The van der Waals surface area contributed by atoms with Crippen molar-refractivity contribution in [2.24, 2.45) is 17.8 Å². The van der Waals surface area contributed by atoms with Crippen molar-refractivity contribution in [1.29, 1.82) is 0 Å². The average molecular weight is 434 g/mol. The summed E-state index contributed by atoms with van der Waals surface area (Å²) in [4.78, 5) is 40.7. The van der Waals surface area contributed by atoms with Crippen LogP contribution in [0.4, 0.5) is 0 Å². The standard InChI is InChI=1S/C25H26N2O5/c28-18-8-6-15(7-9-18)12-21(23(30)31)26-24(32)25-13-17-10-19(20(25)11-17)22(29)27(25)14-16-4-2-1-3-5-16/h1-9,17,19-21,28H,10-14H2,(H,26,32)(H,30,31)/t17?,19?,20?,21-,25?/m0/s1. The molecule has 2 saturated carbocycles. The normalized spacial score (nSPS) is 28.7. The third kappa shape index (κ3) is 3.23. The molecule has 0 aromatic heterocycles. The van der Waals surface area contributed by atoms with Gasteiger partial charge in [0.2, 0.25) is 11.8 Å². The predicted molar refractivity (Wildman–Crippen MR) is 115 cm³/mol. The van der Waals surface area contributed by atoms with Gasteiger partial charge in [-0.3, -0.25) is 9.59 Å². The van der Waals surface area contributed by atoms with E-state index in [1.165, 1.54) is 12.1 Å². The van der Waals surface area contributed by atoms with Gasteiger partial charge in [-0.2, -0.15) is 0 Å². The molecule has 2 aromatic carbocycles. The fraction of sp³-hybridized carbons (Fsp3) is 0.400. The van der Waals surface area contributed by atoms with Crippen molar-refractivity contribution in [1.82, 2.24) is 10.2 Å². The number of aromatic hydroxyl groups is 1. The van der Waals surface area contributed by atoms with Crippen LogP contribution in [-0.2, 0) is 27.3 Å². The van der Waals surface area contributed by atoms with Gasteiger partial charge < -0.3 is 20.4 Å². The molecule has 2 aliphatic carbocycles. The number of nitrogens with one attached hydrogen (secondary N) is 1. The Morgan fingerprint density at radius 1 is 1.06 bits per heavy atom. The summed E-state index contributed by atoms with van der Waals surface area (Å²) >= 11 is 0. The van der Waals surface area contributed by atoms with Gasteiger partial charge in [0.25, 0.3) is 0 Å². The lowest BCUT2D eigenvalue weighted by molar-refractivity contribution is -0.147. The van der Waals surface area contributed by atoms with Crippen LogP contribution in [0.2, 0.25) is 0 Å². The highest BCUT2D eigenvalue weighted by molar-refractivity contribution is 5.99. The first kappa shape index (κ1) is 20.5. The number of hydrogen-bond donors (Lipinski definition) is 3. The minimum absolute atomic E-state index is 0.0133. The van der Waals surface area contributed by atoms with Crippen LogP contribution in [0.5, 0.6) is 5.75 Å². The maximum atomic E-state index is 13.7. The molecule has 2 bridgehead atoms. The number of benzene rings is 2. The molecular weight excluding hydrogens is 408 g/mol. The molecule has 2 amide bonds. The molecule has 0 radical (unpaired) electrons. The lowest BCUT2D eigenvalue weighted by Crippen LogP contribution is -2.60. The number of carboxylic acids is 1. The number of aliphatic carboxylic acids is 1. The summed E-state index contributed by atoms with van der Waals surface area (Å²) in [5.74, 6) is -1.27. The fourth-order valence-electron chi connectivity index (χ4n) is 6.13. The maximum Gasteiger partial charge on any atom is 0.326 e. The van der Waals surface area contributed by atoms with Crippen LogP contribution in [0.15, 0.2) is 54.6 Å².